The molecule has 0 unspecified atom stereocenters. The number of aromatic nitrogens is 2. The fourth-order valence-corrected chi connectivity index (χ4v) is 2.40. The van der Waals surface area contributed by atoms with E-state index in [1.807, 2.05) is 0 Å². The van der Waals surface area contributed by atoms with Gasteiger partial charge in [0.15, 0.2) is 0 Å². The molecule has 2 atom stereocenters. The van der Waals surface area contributed by atoms with E-state index in [1.165, 1.54) is 10.8 Å². The molecule has 1 aromatic rings. The second kappa shape index (κ2) is 19.2. The van der Waals surface area contributed by atoms with Gasteiger partial charge in [0.05, 0.1) is 24.9 Å². The number of aliphatic hydroxyl groups is 1. The van der Waals surface area contributed by atoms with Gasteiger partial charge in [0.1, 0.15) is 18.7 Å². The van der Waals surface area contributed by atoms with Gasteiger partial charge in [-0.2, -0.15) is 18.2 Å². The van der Waals surface area contributed by atoms with Crippen molar-refractivity contribution in [2.75, 3.05) is 32.1 Å². The van der Waals surface area contributed by atoms with E-state index >= 15 is 0 Å². The largest absolute Gasteiger partial charge is 0.471 e. The van der Waals surface area contributed by atoms with Gasteiger partial charge in [-0.3, -0.25) is 9.36 Å². The Labute approximate surface area is 238 Å². The van der Waals surface area contributed by atoms with Crippen molar-refractivity contribution in [1.29, 1.82) is 0 Å². The van der Waals surface area contributed by atoms with Crippen molar-refractivity contribution in [3.63, 3.8) is 0 Å². The first-order chi connectivity index (χ1) is 19.2. The van der Waals surface area contributed by atoms with Gasteiger partial charge < -0.3 is 69.7 Å². The van der Waals surface area contributed by atoms with E-state index in [0.29, 0.717) is 12.8 Å². The van der Waals surface area contributed by atoms with E-state index in [4.69, 9.17) is 78.0 Å². The van der Waals surface area contributed by atoms with Gasteiger partial charge in [-0.25, -0.2) is 18.5 Å². The molecule has 250 valence electrons. The molecule has 1 aliphatic heterocycles. The summed E-state index contributed by atoms with van der Waals surface area (Å²) in [5.74, 6) is 3.13. The summed E-state index contributed by atoms with van der Waals surface area (Å²) >= 11 is 0. The van der Waals surface area contributed by atoms with Gasteiger partial charge in [-0.1, -0.05) is 11.8 Å². The molecule has 43 heavy (non-hydrogen) atoms. The molecule has 1 fully saturated rings. The van der Waals surface area contributed by atoms with Crippen LogP contribution in [0.3, 0.4) is 0 Å². The zero-order chi connectivity index (χ0) is 34.2. The lowest BCUT2D eigenvalue weighted by atomic mass is 10.2. The van der Waals surface area contributed by atoms with Crippen LogP contribution in [0.2, 0.25) is 0 Å². The number of nitrogen functional groups attached to an aromatic ring is 1. The quantitative estimate of drug-likeness (QED) is 0.0788. The zero-order valence-electron chi connectivity index (χ0n) is 21.3. The van der Waals surface area contributed by atoms with Crippen molar-refractivity contribution in [2.45, 2.75) is 31.3 Å². The minimum Gasteiger partial charge on any atom is -0.394 e. The van der Waals surface area contributed by atoms with Crippen molar-refractivity contribution in [1.82, 2.24) is 14.9 Å². The minimum atomic E-state index is -4.94. The van der Waals surface area contributed by atoms with Crippen LogP contribution in [0.15, 0.2) is 11.0 Å². The van der Waals surface area contributed by atoms with Crippen LogP contribution in [0.5, 0.6) is 0 Å². The van der Waals surface area contributed by atoms with Crippen LogP contribution in [0, 0.1) is 11.8 Å². The molecule has 0 bridgehead atoms. The Balaban J connectivity index is 0. The number of nitrogens with one attached hydrogen (secondary N) is 1. The molecule has 1 aromatic heterocycles. The van der Waals surface area contributed by atoms with Crippen molar-refractivity contribution >= 4 is 35.2 Å². The van der Waals surface area contributed by atoms with Gasteiger partial charge >= 0.3 is 41.2 Å². The highest BCUT2D eigenvalue weighted by atomic mass is 31.2. The summed E-state index contributed by atoms with van der Waals surface area (Å²) in [5.41, 5.74) is 5.32. The Bertz CT molecular complexity index is 1210. The first-order valence-electron chi connectivity index (χ1n) is 10.6. The maximum atomic E-state index is 12.0. The van der Waals surface area contributed by atoms with Crippen LogP contribution >= 0.6 is 23.5 Å². The molecule has 0 saturated carbocycles. The van der Waals surface area contributed by atoms with Crippen LogP contribution in [0.25, 0.3) is 0 Å². The summed E-state index contributed by atoms with van der Waals surface area (Å²) in [6.45, 7) is -0.768. The fraction of sp³-hybridized carbons (Fsp3) is 0.562. The summed E-state index contributed by atoms with van der Waals surface area (Å²) in [4.78, 5) is 91.0. The summed E-state index contributed by atoms with van der Waals surface area (Å²) < 4.78 is 74.4. The van der Waals surface area contributed by atoms with Crippen molar-refractivity contribution in [3.8, 4) is 11.8 Å². The molecule has 0 spiro atoms. The first kappa shape index (κ1) is 42.8. The molecule has 2 rings (SSSR count). The predicted octanol–water partition coefficient (Wildman–Crippen LogP) is -3.24. The molecule has 27 heteroatoms. The van der Waals surface area contributed by atoms with Gasteiger partial charge in [0, 0.05) is 12.7 Å². The van der Waals surface area contributed by atoms with Crippen LogP contribution in [0.1, 0.15) is 24.6 Å². The van der Waals surface area contributed by atoms with Gasteiger partial charge in [-0.05, 0) is 12.8 Å². The minimum absolute atomic E-state index is 0.0807. The number of anilines is 1. The number of carbonyl (C=O) groups excluding carboxylic acids is 1. The molecular formula is C16H28F3N4O17P3. The highest BCUT2D eigenvalue weighted by molar-refractivity contribution is 7.45. The number of hydrogen-bond acceptors (Lipinski definition) is 10. The maximum Gasteiger partial charge on any atom is 0.471 e. The molecule has 13 N–H and O–H groups in total. The number of rotatable bonds is 6. The van der Waals surface area contributed by atoms with E-state index in [2.05, 4.69) is 16.8 Å². The molecule has 1 aliphatic rings. The maximum absolute atomic E-state index is 12.0. The number of nitrogens with zero attached hydrogens (tertiary/aromatic N) is 2. The Morgan fingerprint density at radius 3 is 1.98 bits per heavy atom. The molecule has 0 aliphatic carbocycles. The van der Waals surface area contributed by atoms with Gasteiger partial charge in [-0.15, -0.1) is 0 Å². The van der Waals surface area contributed by atoms with E-state index < -0.39 is 47.5 Å². The number of hydrogen-bond donors (Lipinski definition) is 12. The third-order valence-corrected chi connectivity index (χ3v) is 3.77. The van der Waals surface area contributed by atoms with Crippen LogP contribution in [-0.4, -0.2) is 103 Å². The summed E-state index contributed by atoms with van der Waals surface area (Å²) in [6, 6.07) is 0. The number of amides is 1. The smallest absolute Gasteiger partial charge is 0.394 e. The lowest BCUT2D eigenvalue weighted by Crippen LogP contribution is -2.38. The fourth-order valence-electron chi connectivity index (χ4n) is 2.40. The second-order valence-electron chi connectivity index (χ2n) is 7.35. The Hall–Kier alpha value is -2.29. The average molecular weight is 698 g/mol. The first-order valence-corrected chi connectivity index (χ1v) is 15.3. The number of nitrogens with two attached hydrogens (primary N) is 1. The van der Waals surface area contributed by atoms with E-state index in [9.17, 15) is 22.8 Å². The molecule has 0 aromatic carbocycles. The second-order valence-corrected chi connectivity index (χ2v) is 10.4. The highest BCUT2D eigenvalue weighted by Crippen LogP contribution is 2.28. The number of phosphoric acid groups is 3. The Kier molecular flexibility index (Phi) is 19.1. The van der Waals surface area contributed by atoms with Crippen LogP contribution in [-0.2, 0) is 28.0 Å². The third-order valence-electron chi connectivity index (χ3n) is 3.77. The average Bonchev–Trinajstić information content (AvgIpc) is 3.24. The zero-order valence-corrected chi connectivity index (χ0v) is 23.9. The predicted molar refractivity (Wildman–Crippen MR) is 133 cm³/mol. The lowest BCUT2D eigenvalue weighted by Gasteiger charge is -2.15. The normalized spacial score (nSPS) is 16.6. The number of ether oxygens (including phenoxy) is 2. The number of alkyl halides is 3. The third kappa shape index (κ3) is 28.2. The molecule has 1 saturated heterocycles. The number of aliphatic hydroxyl groups excluding tert-OH is 1. The van der Waals surface area contributed by atoms with Crippen molar-refractivity contribution in [2.24, 2.45) is 0 Å². The molecule has 21 nitrogen and oxygen atoms in total. The van der Waals surface area contributed by atoms with Gasteiger partial charge in [0.2, 0.25) is 0 Å². The molecule has 2 heterocycles. The molecule has 1 amide bonds. The number of carbonyl (C=O) groups is 1. The standard InChI is InChI=1S/C16H19F3N4O5.3H3O4P/c17-16(18,19)14(25)21-5-7-27-6-1-2-10-8-23(15(26)22-13(10)20)12-4-3-11(9-24)28-12;3*1-5(2,3)4/h8,11-12,24H,3-7,9H2,(H,21,25)(H2,20,22,26);3*(H3,1,2,3,4)/t11-,12+;;;/m0.../s1. The lowest BCUT2D eigenvalue weighted by molar-refractivity contribution is -0.173. The Morgan fingerprint density at radius 2 is 1.56 bits per heavy atom. The van der Waals surface area contributed by atoms with Crippen molar-refractivity contribution < 1.29 is 90.3 Å². The van der Waals surface area contributed by atoms with Crippen LogP contribution < -0.4 is 16.7 Å². The number of halogens is 3. The summed E-state index contributed by atoms with van der Waals surface area (Å²) in [6.07, 6.45) is -3.35. The van der Waals surface area contributed by atoms with Gasteiger partial charge in [0.25, 0.3) is 0 Å². The van der Waals surface area contributed by atoms with E-state index in [0.717, 1.165) is 0 Å². The SMILES string of the molecule is Nc1nc(=O)n([C@H]2CC[C@@H](CO)O2)cc1C#CCOCCNC(=O)C(F)(F)F.O=P(O)(O)O.O=P(O)(O)O.O=P(O)(O)O. The van der Waals surface area contributed by atoms with Crippen LogP contribution in [0.4, 0.5) is 19.0 Å². The molecule has 0 radical (unpaired) electrons. The van der Waals surface area contributed by atoms with Crippen molar-refractivity contribution in [3.05, 3.63) is 22.2 Å². The highest BCUT2D eigenvalue weighted by Gasteiger charge is 2.38. The Morgan fingerprint density at radius 1 is 1.07 bits per heavy atom. The monoisotopic (exact) mass is 698 g/mol. The van der Waals surface area contributed by atoms with E-state index in [-0.39, 0.29) is 43.9 Å². The molecular weight excluding hydrogens is 670 g/mol. The van der Waals surface area contributed by atoms with E-state index in [1.54, 1.807) is 5.32 Å². The summed E-state index contributed by atoms with van der Waals surface area (Å²) in [5, 5.41) is 10.8. The summed E-state index contributed by atoms with van der Waals surface area (Å²) in [7, 11) is -13.9. The topological polar surface area (TPSA) is 362 Å².